The SMILES string of the molecule is Cn1cnc2cc(C(=O)NC[C@H](c3ccccc3F)N3CCCC3)ccc21. The summed E-state index contributed by atoms with van der Waals surface area (Å²) in [5.41, 5.74) is 2.97. The first-order valence-electron chi connectivity index (χ1n) is 9.31. The van der Waals surface area contributed by atoms with E-state index in [2.05, 4.69) is 15.2 Å². The van der Waals surface area contributed by atoms with Crippen molar-refractivity contribution in [3.63, 3.8) is 0 Å². The molecule has 5 nitrogen and oxygen atoms in total. The Kier molecular flexibility index (Phi) is 4.90. The van der Waals surface area contributed by atoms with Crippen LogP contribution < -0.4 is 5.32 Å². The zero-order valence-corrected chi connectivity index (χ0v) is 15.4. The van der Waals surface area contributed by atoms with Crippen molar-refractivity contribution in [1.29, 1.82) is 0 Å². The van der Waals surface area contributed by atoms with Crippen molar-refractivity contribution in [2.75, 3.05) is 19.6 Å². The summed E-state index contributed by atoms with van der Waals surface area (Å²) in [7, 11) is 1.92. The Hall–Kier alpha value is -2.73. The van der Waals surface area contributed by atoms with Gasteiger partial charge in [0.1, 0.15) is 5.82 Å². The second kappa shape index (κ2) is 7.48. The minimum Gasteiger partial charge on any atom is -0.350 e. The number of carbonyl (C=O) groups is 1. The smallest absolute Gasteiger partial charge is 0.251 e. The second-order valence-electron chi connectivity index (χ2n) is 7.05. The molecule has 0 bridgehead atoms. The number of benzene rings is 2. The minimum atomic E-state index is -0.224. The fourth-order valence-electron chi connectivity index (χ4n) is 3.80. The fraction of sp³-hybridized carbons (Fsp3) is 0.333. The van der Waals surface area contributed by atoms with Crippen LogP contribution >= 0.6 is 0 Å². The van der Waals surface area contributed by atoms with E-state index in [0.29, 0.717) is 17.7 Å². The lowest BCUT2D eigenvalue weighted by atomic mass is 10.0. The van der Waals surface area contributed by atoms with Gasteiger partial charge in [0, 0.05) is 24.7 Å². The molecule has 3 aromatic rings. The quantitative estimate of drug-likeness (QED) is 0.754. The van der Waals surface area contributed by atoms with Crippen molar-refractivity contribution in [3.05, 3.63) is 65.7 Å². The lowest BCUT2D eigenvalue weighted by Gasteiger charge is -2.28. The minimum absolute atomic E-state index is 0.156. The van der Waals surface area contributed by atoms with Crippen LogP contribution in [0.3, 0.4) is 0 Å². The third kappa shape index (κ3) is 3.57. The summed E-state index contributed by atoms with van der Waals surface area (Å²) in [4.78, 5) is 19.2. The summed E-state index contributed by atoms with van der Waals surface area (Å²) in [6.45, 7) is 2.23. The Labute approximate surface area is 157 Å². The van der Waals surface area contributed by atoms with Crippen LogP contribution in [0.25, 0.3) is 11.0 Å². The van der Waals surface area contributed by atoms with Crippen LogP contribution in [0.1, 0.15) is 34.8 Å². The summed E-state index contributed by atoms with van der Waals surface area (Å²) < 4.78 is 16.3. The van der Waals surface area contributed by atoms with Crippen LogP contribution in [0.4, 0.5) is 4.39 Å². The largest absolute Gasteiger partial charge is 0.350 e. The Bertz CT molecular complexity index is 962. The Morgan fingerprint density at radius 2 is 2.00 bits per heavy atom. The van der Waals surface area contributed by atoms with Gasteiger partial charge in [0.15, 0.2) is 0 Å². The summed E-state index contributed by atoms with van der Waals surface area (Å²) >= 11 is 0. The number of hydrogen-bond acceptors (Lipinski definition) is 3. The van der Waals surface area contributed by atoms with Crippen LogP contribution in [0, 0.1) is 5.82 Å². The van der Waals surface area contributed by atoms with Gasteiger partial charge in [0.2, 0.25) is 0 Å². The number of aryl methyl sites for hydroxylation is 1. The van der Waals surface area contributed by atoms with Gasteiger partial charge in [-0.1, -0.05) is 18.2 Å². The molecule has 0 unspecified atom stereocenters. The zero-order chi connectivity index (χ0) is 18.8. The van der Waals surface area contributed by atoms with Crippen molar-refractivity contribution in [3.8, 4) is 0 Å². The number of halogens is 1. The van der Waals surface area contributed by atoms with Gasteiger partial charge in [-0.05, 0) is 50.2 Å². The number of amides is 1. The lowest BCUT2D eigenvalue weighted by molar-refractivity contribution is 0.0937. The van der Waals surface area contributed by atoms with E-state index in [1.54, 1.807) is 24.5 Å². The van der Waals surface area contributed by atoms with Gasteiger partial charge in [-0.25, -0.2) is 9.37 Å². The number of carbonyl (C=O) groups excluding carboxylic acids is 1. The van der Waals surface area contributed by atoms with Gasteiger partial charge in [-0.15, -0.1) is 0 Å². The molecule has 0 aliphatic carbocycles. The Morgan fingerprint density at radius 3 is 2.78 bits per heavy atom. The molecule has 27 heavy (non-hydrogen) atoms. The van der Waals surface area contributed by atoms with E-state index in [9.17, 15) is 9.18 Å². The molecule has 2 aromatic carbocycles. The van der Waals surface area contributed by atoms with Crippen molar-refractivity contribution in [2.45, 2.75) is 18.9 Å². The molecule has 1 saturated heterocycles. The van der Waals surface area contributed by atoms with Crippen LogP contribution in [0.5, 0.6) is 0 Å². The first-order chi connectivity index (χ1) is 13.1. The van der Waals surface area contributed by atoms with Gasteiger partial charge in [-0.3, -0.25) is 9.69 Å². The van der Waals surface area contributed by atoms with Crippen LogP contribution in [0.2, 0.25) is 0 Å². The normalized spacial score (nSPS) is 15.9. The number of hydrogen-bond donors (Lipinski definition) is 1. The molecule has 1 fully saturated rings. The number of nitrogens with one attached hydrogen (secondary N) is 1. The molecule has 1 aliphatic heterocycles. The van der Waals surface area contributed by atoms with Crippen LogP contribution in [0.15, 0.2) is 48.8 Å². The predicted molar refractivity (Wildman–Crippen MR) is 103 cm³/mol. The third-order valence-electron chi connectivity index (χ3n) is 5.29. The molecule has 0 radical (unpaired) electrons. The van der Waals surface area contributed by atoms with Crippen molar-refractivity contribution in [1.82, 2.24) is 19.8 Å². The summed E-state index contributed by atoms with van der Waals surface area (Å²) in [5.74, 6) is -0.387. The fourth-order valence-corrected chi connectivity index (χ4v) is 3.80. The van der Waals surface area contributed by atoms with Gasteiger partial charge in [0.25, 0.3) is 5.91 Å². The molecule has 4 rings (SSSR count). The van der Waals surface area contributed by atoms with Gasteiger partial charge in [-0.2, -0.15) is 0 Å². The number of nitrogens with zero attached hydrogens (tertiary/aromatic N) is 3. The molecule has 1 aromatic heterocycles. The first-order valence-corrected chi connectivity index (χ1v) is 9.31. The molecule has 0 spiro atoms. The van der Waals surface area contributed by atoms with E-state index < -0.39 is 0 Å². The van der Waals surface area contributed by atoms with Gasteiger partial charge >= 0.3 is 0 Å². The van der Waals surface area contributed by atoms with E-state index in [-0.39, 0.29) is 17.8 Å². The Morgan fingerprint density at radius 1 is 1.22 bits per heavy atom. The highest BCUT2D eigenvalue weighted by Gasteiger charge is 2.26. The summed E-state index contributed by atoms with van der Waals surface area (Å²) in [6.07, 6.45) is 3.94. The molecule has 0 saturated carbocycles. The Balaban J connectivity index is 1.52. The number of aromatic nitrogens is 2. The maximum atomic E-state index is 14.4. The monoisotopic (exact) mass is 366 g/mol. The number of likely N-dealkylation sites (tertiary alicyclic amines) is 1. The van der Waals surface area contributed by atoms with E-state index in [1.807, 2.05) is 29.8 Å². The van der Waals surface area contributed by atoms with Gasteiger partial charge < -0.3 is 9.88 Å². The standard InChI is InChI=1S/C21H23FN4O/c1-25-14-24-18-12-15(8-9-19(18)25)21(27)23-13-20(26-10-4-5-11-26)16-6-2-3-7-17(16)22/h2-3,6-9,12,14,20H,4-5,10-11,13H2,1H3,(H,23,27)/t20-/m1/s1. The van der Waals surface area contributed by atoms with Gasteiger partial charge in [0.05, 0.1) is 23.4 Å². The van der Waals surface area contributed by atoms with Crippen LogP contribution in [-0.4, -0.2) is 40.0 Å². The zero-order valence-electron chi connectivity index (χ0n) is 15.4. The molecule has 1 amide bonds. The maximum absolute atomic E-state index is 14.4. The van der Waals surface area contributed by atoms with Crippen molar-refractivity contribution in [2.24, 2.45) is 7.05 Å². The molecule has 140 valence electrons. The maximum Gasteiger partial charge on any atom is 0.251 e. The average Bonchev–Trinajstić information content (AvgIpc) is 3.33. The number of rotatable bonds is 5. The highest BCUT2D eigenvalue weighted by Crippen LogP contribution is 2.26. The molecular weight excluding hydrogens is 343 g/mol. The molecule has 2 heterocycles. The molecule has 6 heteroatoms. The predicted octanol–water partition coefficient (Wildman–Crippen LogP) is 3.28. The molecular formula is C21H23FN4O. The topological polar surface area (TPSA) is 50.2 Å². The number of fused-ring (bicyclic) bond motifs is 1. The summed E-state index contributed by atoms with van der Waals surface area (Å²) in [6, 6.07) is 12.2. The third-order valence-corrected chi connectivity index (χ3v) is 5.29. The van der Waals surface area contributed by atoms with E-state index in [4.69, 9.17) is 0 Å². The second-order valence-corrected chi connectivity index (χ2v) is 7.05. The van der Waals surface area contributed by atoms with Crippen molar-refractivity contribution < 1.29 is 9.18 Å². The first kappa shape index (κ1) is 17.7. The number of imidazole rings is 1. The highest BCUT2D eigenvalue weighted by atomic mass is 19.1. The molecule has 1 N–H and O–H groups in total. The molecule has 1 aliphatic rings. The van der Waals surface area contributed by atoms with E-state index in [0.717, 1.165) is 37.0 Å². The lowest BCUT2D eigenvalue weighted by Crippen LogP contribution is -2.37. The highest BCUT2D eigenvalue weighted by molar-refractivity contribution is 5.97. The van der Waals surface area contributed by atoms with E-state index >= 15 is 0 Å². The van der Waals surface area contributed by atoms with Crippen LogP contribution in [-0.2, 0) is 7.05 Å². The summed E-state index contributed by atoms with van der Waals surface area (Å²) in [5, 5.41) is 2.99. The molecule has 1 atom stereocenters. The average molecular weight is 366 g/mol. The van der Waals surface area contributed by atoms with E-state index in [1.165, 1.54) is 6.07 Å². The van der Waals surface area contributed by atoms with Crippen molar-refractivity contribution >= 4 is 16.9 Å².